The monoisotopic (exact) mass is 440 g/mol. The van der Waals surface area contributed by atoms with Gasteiger partial charge in [0, 0.05) is 31.9 Å². The number of rotatable bonds is 5. The smallest absolute Gasteiger partial charge is 0.273 e. The van der Waals surface area contributed by atoms with Gasteiger partial charge in [-0.25, -0.2) is 4.98 Å². The molecule has 1 aromatic carbocycles. The first-order valence-electron chi connectivity index (χ1n) is 10.6. The van der Waals surface area contributed by atoms with Crippen LogP contribution < -0.4 is 15.8 Å². The van der Waals surface area contributed by atoms with Crippen LogP contribution in [0.2, 0.25) is 0 Å². The van der Waals surface area contributed by atoms with Gasteiger partial charge in [-0.2, -0.15) is 4.98 Å². The quantitative estimate of drug-likeness (QED) is 0.657. The molecule has 1 amide bonds. The van der Waals surface area contributed by atoms with Gasteiger partial charge in [0.15, 0.2) is 10.8 Å². The minimum absolute atomic E-state index is 0.0864. The van der Waals surface area contributed by atoms with Crippen LogP contribution in [0.4, 0.5) is 10.8 Å². The van der Waals surface area contributed by atoms with Crippen molar-refractivity contribution < 1.29 is 4.79 Å². The van der Waals surface area contributed by atoms with Gasteiger partial charge >= 0.3 is 0 Å². The first kappa shape index (κ1) is 21.5. The number of anilines is 2. The Balaban J connectivity index is 1.52. The van der Waals surface area contributed by atoms with Gasteiger partial charge in [0.2, 0.25) is 5.91 Å². The number of hydrogen-bond donors (Lipinski definition) is 1. The zero-order valence-corrected chi connectivity index (χ0v) is 19.3. The molecule has 0 spiro atoms. The van der Waals surface area contributed by atoms with Crippen LogP contribution >= 0.6 is 11.3 Å². The molecule has 0 radical (unpaired) electrons. The molecule has 0 bridgehead atoms. The van der Waals surface area contributed by atoms with Crippen molar-refractivity contribution >= 4 is 38.4 Å². The molecule has 0 aliphatic carbocycles. The van der Waals surface area contributed by atoms with Crippen LogP contribution in [0.3, 0.4) is 0 Å². The Hall–Kier alpha value is -2.78. The number of piperazine rings is 1. The fourth-order valence-electron chi connectivity index (χ4n) is 4.05. The summed E-state index contributed by atoms with van der Waals surface area (Å²) in [6, 6.07) is 4.06. The van der Waals surface area contributed by atoms with Gasteiger partial charge in [-0.3, -0.25) is 14.2 Å². The Morgan fingerprint density at radius 2 is 1.81 bits per heavy atom. The largest absolute Gasteiger partial charge is 0.345 e. The summed E-state index contributed by atoms with van der Waals surface area (Å²) in [5.74, 6) is -0.251. The van der Waals surface area contributed by atoms with Crippen LogP contribution in [0.5, 0.6) is 0 Å². The number of aryl methyl sites for hydroxylation is 3. The second-order valence-corrected chi connectivity index (χ2v) is 9.05. The minimum atomic E-state index is -0.251. The number of carbonyl (C=O) groups excluding carboxylic acids is 1. The molecule has 31 heavy (non-hydrogen) atoms. The minimum Gasteiger partial charge on any atom is -0.345 e. The highest BCUT2D eigenvalue weighted by molar-refractivity contribution is 7.22. The number of nitrogens with zero attached hydrogens (tertiary/aromatic N) is 5. The third kappa shape index (κ3) is 4.47. The van der Waals surface area contributed by atoms with E-state index < -0.39 is 0 Å². The van der Waals surface area contributed by atoms with E-state index in [0.717, 1.165) is 60.2 Å². The molecule has 1 N–H and O–H groups in total. The SMILES string of the molecule is CCN1CCN(c2nc3ncn(CC(=O)Nc4c(C)cc(C)cc4C)c(=O)c3s2)CC1. The highest BCUT2D eigenvalue weighted by Gasteiger charge is 2.21. The second kappa shape index (κ2) is 8.76. The third-order valence-corrected chi connectivity index (χ3v) is 6.81. The van der Waals surface area contributed by atoms with E-state index in [1.165, 1.54) is 22.2 Å². The summed E-state index contributed by atoms with van der Waals surface area (Å²) in [6.45, 7) is 12.8. The summed E-state index contributed by atoms with van der Waals surface area (Å²) in [5.41, 5.74) is 4.17. The molecule has 1 saturated heterocycles. The summed E-state index contributed by atoms with van der Waals surface area (Å²) >= 11 is 1.36. The number of hydrogen-bond acceptors (Lipinski definition) is 7. The fraction of sp³-hybridized carbons (Fsp3) is 0.455. The molecule has 0 atom stereocenters. The van der Waals surface area contributed by atoms with Crippen molar-refractivity contribution in [3.8, 4) is 0 Å². The maximum atomic E-state index is 13.0. The van der Waals surface area contributed by atoms with Crippen LogP contribution in [0.1, 0.15) is 23.6 Å². The normalized spacial score (nSPS) is 14.9. The van der Waals surface area contributed by atoms with Crippen LogP contribution in [0.15, 0.2) is 23.3 Å². The molecule has 3 heterocycles. The average molecular weight is 441 g/mol. The van der Waals surface area contributed by atoms with Crippen molar-refractivity contribution in [3.05, 3.63) is 45.5 Å². The number of thiazole rings is 1. The lowest BCUT2D eigenvalue weighted by molar-refractivity contribution is -0.116. The van der Waals surface area contributed by atoms with Crippen molar-refractivity contribution in [2.75, 3.05) is 42.9 Å². The number of nitrogens with one attached hydrogen (secondary N) is 1. The summed E-state index contributed by atoms with van der Waals surface area (Å²) in [5, 5.41) is 3.77. The predicted octanol–water partition coefficient (Wildman–Crippen LogP) is 2.56. The number of fused-ring (bicyclic) bond motifs is 1. The van der Waals surface area contributed by atoms with E-state index in [2.05, 4.69) is 32.0 Å². The van der Waals surface area contributed by atoms with E-state index in [1.807, 2.05) is 32.9 Å². The van der Waals surface area contributed by atoms with Gasteiger partial charge in [0.25, 0.3) is 5.56 Å². The maximum Gasteiger partial charge on any atom is 0.273 e. The lowest BCUT2D eigenvalue weighted by Crippen LogP contribution is -2.46. The third-order valence-electron chi connectivity index (χ3n) is 5.72. The Morgan fingerprint density at radius 1 is 1.13 bits per heavy atom. The van der Waals surface area contributed by atoms with Crippen molar-refractivity contribution in [3.63, 3.8) is 0 Å². The summed E-state index contributed by atoms with van der Waals surface area (Å²) in [6.07, 6.45) is 1.41. The zero-order chi connectivity index (χ0) is 22.1. The second-order valence-electron chi connectivity index (χ2n) is 8.07. The summed E-state index contributed by atoms with van der Waals surface area (Å²) < 4.78 is 1.85. The van der Waals surface area contributed by atoms with E-state index in [9.17, 15) is 9.59 Å². The fourth-order valence-corrected chi connectivity index (χ4v) is 5.07. The molecule has 164 valence electrons. The lowest BCUT2D eigenvalue weighted by Gasteiger charge is -2.33. The first-order chi connectivity index (χ1) is 14.9. The van der Waals surface area contributed by atoms with Crippen LogP contribution in [-0.2, 0) is 11.3 Å². The van der Waals surface area contributed by atoms with Gasteiger partial charge in [0.05, 0.1) is 0 Å². The number of aromatic nitrogens is 3. The van der Waals surface area contributed by atoms with E-state index in [0.29, 0.717) is 10.3 Å². The molecule has 0 saturated carbocycles. The van der Waals surface area contributed by atoms with Gasteiger partial charge in [-0.1, -0.05) is 36.0 Å². The maximum absolute atomic E-state index is 13.0. The van der Waals surface area contributed by atoms with E-state index in [4.69, 9.17) is 0 Å². The highest BCUT2D eigenvalue weighted by atomic mass is 32.1. The number of amides is 1. The van der Waals surface area contributed by atoms with Crippen LogP contribution in [0, 0.1) is 20.8 Å². The molecular weight excluding hydrogens is 412 g/mol. The highest BCUT2D eigenvalue weighted by Crippen LogP contribution is 2.26. The first-order valence-corrected chi connectivity index (χ1v) is 11.4. The Kier molecular flexibility index (Phi) is 6.06. The number of likely N-dealkylation sites (N-methyl/N-ethyl adjacent to an activating group) is 1. The predicted molar refractivity (Wildman–Crippen MR) is 125 cm³/mol. The summed E-state index contributed by atoms with van der Waals surface area (Å²) in [4.78, 5) is 39.1. The standard InChI is InChI=1S/C22H28N6O2S/c1-5-26-6-8-27(9-7-26)22-25-20-19(31-22)21(30)28(13-23-20)12-17(29)24-18-15(3)10-14(2)11-16(18)4/h10-11,13H,5-9,12H2,1-4H3,(H,24,29). The number of benzene rings is 1. The molecule has 0 unspecified atom stereocenters. The van der Waals surface area contributed by atoms with Gasteiger partial charge in [-0.15, -0.1) is 0 Å². The van der Waals surface area contributed by atoms with E-state index >= 15 is 0 Å². The average Bonchev–Trinajstić information content (AvgIpc) is 3.18. The van der Waals surface area contributed by atoms with Gasteiger partial charge in [-0.05, 0) is 38.4 Å². The van der Waals surface area contributed by atoms with Crippen molar-refractivity contribution in [2.24, 2.45) is 0 Å². The molecule has 1 aliphatic heterocycles. The van der Waals surface area contributed by atoms with Gasteiger partial charge < -0.3 is 15.1 Å². The molecule has 1 aliphatic rings. The topological polar surface area (TPSA) is 83.4 Å². The molecule has 8 nitrogen and oxygen atoms in total. The zero-order valence-electron chi connectivity index (χ0n) is 18.4. The Bertz CT molecular complexity index is 1150. The molecule has 3 aromatic rings. The van der Waals surface area contributed by atoms with Gasteiger partial charge in [0.1, 0.15) is 17.6 Å². The molecular formula is C22H28N6O2S. The van der Waals surface area contributed by atoms with Crippen molar-refractivity contribution in [1.82, 2.24) is 19.4 Å². The van der Waals surface area contributed by atoms with Crippen molar-refractivity contribution in [1.29, 1.82) is 0 Å². The lowest BCUT2D eigenvalue weighted by atomic mass is 10.1. The van der Waals surface area contributed by atoms with E-state index in [-0.39, 0.29) is 18.0 Å². The molecule has 9 heteroatoms. The molecule has 2 aromatic heterocycles. The molecule has 1 fully saturated rings. The van der Waals surface area contributed by atoms with Crippen LogP contribution in [0.25, 0.3) is 10.3 Å². The van der Waals surface area contributed by atoms with E-state index in [1.54, 1.807) is 0 Å². The summed E-state index contributed by atoms with van der Waals surface area (Å²) in [7, 11) is 0. The molecule has 4 rings (SSSR count). The van der Waals surface area contributed by atoms with Crippen LogP contribution in [-0.4, -0.2) is 58.1 Å². The van der Waals surface area contributed by atoms with Crippen molar-refractivity contribution in [2.45, 2.75) is 34.2 Å². The Labute approximate surface area is 185 Å². The Morgan fingerprint density at radius 3 is 2.45 bits per heavy atom. The number of carbonyl (C=O) groups is 1.